The summed E-state index contributed by atoms with van der Waals surface area (Å²) in [6, 6.07) is 14.1. The molecule has 3 aromatic rings. The maximum Gasteiger partial charge on any atom is 0.573 e. The van der Waals surface area contributed by atoms with Crippen molar-refractivity contribution in [2.45, 2.75) is 31.0 Å². The van der Waals surface area contributed by atoms with Crippen molar-refractivity contribution in [3.63, 3.8) is 0 Å². The lowest BCUT2D eigenvalue weighted by Gasteiger charge is -2.21. The molecular weight excluding hydrogens is 527 g/mol. The monoisotopic (exact) mass is 549 g/mol. The molecule has 1 heterocycles. The van der Waals surface area contributed by atoms with Gasteiger partial charge in [0.2, 0.25) is 0 Å². The minimum Gasteiger partial charge on any atom is -0.482 e. The number of carboxylic acids is 1. The van der Waals surface area contributed by atoms with E-state index >= 15 is 0 Å². The lowest BCUT2D eigenvalue weighted by Crippen LogP contribution is -2.31. The molecule has 38 heavy (non-hydrogen) atoms. The Kier molecular flexibility index (Phi) is 7.11. The Balaban J connectivity index is 1.67. The van der Waals surface area contributed by atoms with E-state index in [1.807, 2.05) is 0 Å². The smallest absolute Gasteiger partial charge is 0.482 e. The maximum atomic E-state index is 13.6. The molecular formula is C26H22F3NO7S. The summed E-state index contributed by atoms with van der Waals surface area (Å²) in [4.78, 5) is 23.2. The number of rotatable bonds is 8. The van der Waals surface area contributed by atoms with Crippen LogP contribution >= 0.6 is 0 Å². The zero-order chi connectivity index (χ0) is 27.8. The van der Waals surface area contributed by atoms with Crippen LogP contribution < -0.4 is 13.8 Å². The Bertz CT molecular complexity index is 1500. The third-order valence-corrected chi connectivity index (χ3v) is 7.79. The minimum absolute atomic E-state index is 0.0582. The van der Waals surface area contributed by atoms with E-state index in [1.165, 1.54) is 49.4 Å². The lowest BCUT2D eigenvalue weighted by molar-refractivity contribution is -0.274. The molecule has 1 aliphatic rings. The number of Topliss-reactive ketones (excluding diaryl/α,β-unsaturated/α-hetero) is 1. The van der Waals surface area contributed by atoms with Crippen molar-refractivity contribution in [3.05, 3.63) is 71.8 Å². The standard InChI is InChI=1S/C26H22F3NO7S/c1-15-11-20(8-10-24(15)36-14-25(32)33)38(34,35)30-13-22(16(2)31)21-12-18(5-9-23(21)30)17-3-6-19(7-4-17)37-26(27,28)29/h3-12,22H,13-14H2,1-2H3,(H,32,33). The molecule has 4 rings (SSSR count). The molecule has 0 saturated carbocycles. The van der Waals surface area contributed by atoms with Crippen molar-refractivity contribution in [2.75, 3.05) is 17.5 Å². The minimum atomic E-state index is -4.82. The molecule has 1 N–H and O–H groups in total. The molecule has 0 aromatic heterocycles. The second-order valence-electron chi connectivity index (χ2n) is 8.65. The number of carbonyl (C=O) groups is 2. The van der Waals surface area contributed by atoms with Crippen molar-refractivity contribution < 1.29 is 45.8 Å². The highest BCUT2D eigenvalue weighted by Crippen LogP contribution is 2.42. The molecule has 0 amide bonds. The largest absolute Gasteiger partial charge is 0.573 e. The van der Waals surface area contributed by atoms with E-state index in [4.69, 9.17) is 9.84 Å². The Morgan fingerprint density at radius 2 is 1.68 bits per heavy atom. The first-order valence-electron chi connectivity index (χ1n) is 11.2. The van der Waals surface area contributed by atoms with E-state index in [0.717, 1.165) is 4.31 Å². The number of hydrogen-bond donors (Lipinski definition) is 1. The number of halogens is 3. The van der Waals surface area contributed by atoms with E-state index in [2.05, 4.69) is 4.74 Å². The number of anilines is 1. The molecule has 1 aliphatic heterocycles. The molecule has 200 valence electrons. The molecule has 0 aliphatic carbocycles. The van der Waals surface area contributed by atoms with Crippen LogP contribution in [-0.2, 0) is 19.6 Å². The highest BCUT2D eigenvalue weighted by Gasteiger charge is 2.39. The van der Waals surface area contributed by atoms with Crippen molar-refractivity contribution in [3.8, 4) is 22.6 Å². The van der Waals surface area contributed by atoms with Gasteiger partial charge in [-0.25, -0.2) is 13.2 Å². The number of benzene rings is 3. The van der Waals surface area contributed by atoms with E-state index in [1.54, 1.807) is 25.1 Å². The van der Waals surface area contributed by atoms with Crippen molar-refractivity contribution >= 4 is 27.5 Å². The Morgan fingerprint density at radius 3 is 2.26 bits per heavy atom. The van der Waals surface area contributed by atoms with Gasteiger partial charge in [-0.15, -0.1) is 13.2 Å². The number of aliphatic carboxylic acids is 1. The number of alkyl halides is 3. The van der Waals surface area contributed by atoms with Crippen LogP contribution in [0.3, 0.4) is 0 Å². The summed E-state index contributed by atoms with van der Waals surface area (Å²) in [7, 11) is -4.10. The highest BCUT2D eigenvalue weighted by molar-refractivity contribution is 7.92. The first kappa shape index (κ1) is 27.0. The van der Waals surface area contributed by atoms with E-state index in [9.17, 15) is 31.2 Å². The van der Waals surface area contributed by atoms with E-state index < -0.39 is 34.9 Å². The zero-order valence-electron chi connectivity index (χ0n) is 20.2. The fourth-order valence-electron chi connectivity index (χ4n) is 4.24. The number of ketones is 1. The van der Waals surface area contributed by atoms with Crippen LogP contribution in [0.15, 0.2) is 65.6 Å². The summed E-state index contributed by atoms with van der Waals surface area (Å²) < 4.78 is 74.7. The molecule has 0 fully saturated rings. The second kappa shape index (κ2) is 10.0. The van der Waals surface area contributed by atoms with Crippen LogP contribution in [0.2, 0.25) is 0 Å². The van der Waals surface area contributed by atoms with Gasteiger partial charge in [0.05, 0.1) is 16.5 Å². The highest BCUT2D eigenvalue weighted by atomic mass is 32.2. The number of sulfonamides is 1. The molecule has 0 radical (unpaired) electrons. The van der Waals surface area contributed by atoms with E-state index in [0.29, 0.717) is 27.9 Å². The predicted octanol–water partition coefficient (Wildman–Crippen LogP) is 4.91. The Morgan fingerprint density at radius 1 is 1.03 bits per heavy atom. The molecule has 1 atom stereocenters. The molecule has 0 spiro atoms. The summed E-state index contributed by atoms with van der Waals surface area (Å²) in [6.45, 7) is 2.25. The number of ether oxygens (including phenoxy) is 2. The van der Waals surface area contributed by atoms with Gasteiger partial charge >= 0.3 is 12.3 Å². The summed E-state index contributed by atoms with van der Waals surface area (Å²) in [6.07, 6.45) is -4.82. The first-order chi connectivity index (χ1) is 17.8. The molecule has 3 aromatic carbocycles. The van der Waals surface area contributed by atoms with Gasteiger partial charge in [-0.2, -0.15) is 0 Å². The average Bonchev–Trinajstić information content (AvgIpc) is 3.22. The van der Waals surface area contributed by atoms with Gasteiger partial charge in [0, 0.05) is 6.54 Å². The van der Waals surface area contributed by atoms with Gasteiger partial charge in [-0.1, -0.05) is 18.2 Å². The predicted molar refractivity (Wildman–Crippen MR) is 131 cm³/mol. The number of nitrogens with zero attached hydrogens (tertiary/aromatic N) is 1. The fraction of sp³-hybridized carbons (Fsp3) is 0.231. The molecule has 0 bridgehead atoms. The van der Waals surface area contributed by atoms with Crippen molar-refractivity contribution in [1.29, 1.82) is 0 Å². The quantitative estimate of drug-likeness (QED) is 0.425. The average molecular weight is 550 g/mol. The van der Waals surface area contributed by atoms with Gasteiger partial charge < -0.3 is 14.6 Å². The summed E-state index contributed by atoms with van der Waals surface area (Å²) in [5.41, 5.74) is 2.35. The molecule has 12 heteroatoms. The summed E-state index contributed by atoms with van der Waals surface area (Å²) in [5.74, 6) is -2.31. The third kappa shape index (κ3) is 5.59. The second-order valence-corrected chi connectivity index (χ2v) is 10.5. The number of carboxylic acid groups (broad SMARTS) is 1. The normalized spacial score (nSPS) is 15.2. The Labute approximate surface area is 216 Å². The molecule has 0 saturated heterocycles. The van der Waals surface area contributed by atoms with Gasteiger partial charge in [0.25, 0.3) is 10.0 Å². The van der Waals surface area contributed by atoms with Crippen LogP contribution in [0.5, 0.6) is 11.5 Å². The van der Waals surface area contributed by atoms with Gasteiger partial charge in [-0.05, 0) is 78.6 Å². The van der Waals surface area contributed by atoms with Crippen LogP contribution in [0.4, 0.5) is 18.9 Å². The van der Waals surface area contributed by atoms with Crippen molar-refractivity contribution in [2.24, 2.45) is 0 Å². The van der Waals surface area contributed by atoms with Gasteiger partial charge in [0.15, 0.2) is 6.61 Å². The van der Waals surface area contributed by atoms with Crippen LogP contribution in [0, 0.1) is 6.92 Å². The fourth-order valence-corrected chi connectivity index (χ4v) is 5.83. The van der Waals surface area contributed by atoms with Gasteiger partial charge in [0.1, 0.15) is 17.3 Å². The van der Waals surface area contributed by atoms with Gasteiger partial charge in [-0.3, -0.25) is 9.10 Å². The topological polar surface area (TPSA) is 110 Å². The van der Waals surface area contributed by atoms with Crippen LogP contribution in [0.1, 0.15) is 24.0 Å². The summed E-state index contributed by atoms with van der Waals surface area (Å²) in [5, 5.41) is 8.80. The molecule has 8 nitrogen and oxygen atoms in total. The zero-order valence-corrected chi connectivity index (χ0v) is 21.0. The first-order valence-corrected chi connectivity index (χ1v) is 12.7. The van der Waals surface area contributed by atoms with E-state index in [-0.39, 0.29) is 28.7 Å². The molecule has 1 unspecified atom stereocenters. The van der Waals surface area contributed by atoms with Crippen molar-refractivity contribution in [1.82, 2.24) is 0 Å². The van der Waals surface area contributed by atoms with Crippen LogP contribution in [0.25, 0.3) is 11.1 Å². The SMILES string of the molecule is CC(=O)C1CN(S(=O)(=O)c2ccc(OCC(=O)O)c(C)c2)c2ccc(-c3ccc(OC(F)(F)F)cc3)cc21. The third-order valence-electron chi connectivity index (χ3n) is 6.02. The summed E-state index contributed by atoms with van der Waals surface area (Å²) >= 11 is 0. The number of hydrogen-bond acceptors (Lipinski definition) is 6. The lowest BCUT2D eigenvalue weighted by atomic mass is 9.94. The number of carbonyl (C=O) groups excluding carboxylic acids is 1. The number of fused-ring (bicyclic) bond motifs is 1. The maximum absolute atomic E-state index is 13.6. The number of aryl methyl sites for hydroxylation is 1. The van der Waals surface area contributed by atoms with Crippen LogP contribution in [-0.4, -0.2) is 44.8 Å². The Hall–Kier alpha value is -4.06.